The van der Waals surface area contributed by atoms with Crippen molar-refractivity contribution in [2.75, 3.05) is 13.7 Å². The first-order chi connectivity index (χ1) is 18.2. The molecule has 0 radical (unpaired) electrons. The van der Waals surface area contributed by atoms with Crippen LogP contribution in [0.2, 0.25) is 0 Å². The van der Waals surface area contributed by atoms with E-state index in [0.29, 0.717) is 25.0 Å². The quantitative estimate of drug-likeness (QED) is 0.190. The largest absolute Gasteiger partial charge is 0.497 e. The van der Waals surface area contributed by atoms with Crippen LogP contribution in [-0.4, -0.2) is 26.0 Å². The van der Waals surface area contributed by atoms with E-state index in [0.717, 1.165) is 34.6 Å². The van der Waals surface area contributed by atoms with Crippen LogP contribution in [0.4, 0.5) is 0 Å². The van der Waals surface area contributed by atoms with Gasteiger partial charge in [0.1, 0.15) is 11.5 Å². The number of benzene rings is 4. The Morgan fingerprint density at radius 1 is 0.811 bits per heavy atom. The highest BCUT2D eigenvalue weighted by atomic mass is 16.7. The lowest BCUT2D eigenvalue weighted by molar-refractivity contribution is -0.166. The molecule has 0 N–H and O–H groups in total. The Hall–Kier alpha value is -4.09. The number of hydrogen-bond donors (Lipinski definition) is 0. The van der Waals surface area contributed by atoms with E-state index in [-0.39, 0.29) is 5.97 Å². The molecular formula is C32H30O5. The first-order valence-electron chi connectivity index (χ1n) is 12.6. The molecule has 4 aromatic carbocycles. The number of carbonyl (C=O) groups excluding carboxylic acids is 1. The summed E-state index contributed by atoms with van der Waals surface area (Å²) < 4.78 is 24.2. The van der Waals surface area contributed by atoms with E-state index in [1.54, 1.807) is 19.2 Å². The smallest absolute Gasteiger partial charge is 0.338 e. The Kier molecular flexibility index (Phi) is 7.52. The number of methoxy groups -OCH3 is 1. The summed E-state index contributed by atoms with van der Waals surface area (Å²) in [5, 5.41) is 0. The highest BCUT2D eigenvalue weighted by Crippen LogP contribution is 2.49. The number of unbranched alkanes of at least 4 members (excludes halogenated alkanes) is 1. The van der Waals surface area contributed by atoms with Crippen LogP contribution in [0, 0.1) is 0 Å². The molecule has 4 aromatic rings. The zero-order chi connectivity index (χ0) is 25.5. The van der Waals surface area contributed by atoms with Crippen LogP contribution in [0.5, 0.6) is 11.5 Å². The van der Waals surface area contributed by atoms with Gasteiger partial charge < -0.3 is 18.9 Å². The number of hydrogen-bond acceptors (Lipinski definition) is 5. The van der Waals surface area contributed by atoms with E-state index >= 15 is 0 Å². The highest BCUT2D eigenvalue weighted by Gasteiger charge is 2.46. The predicted molar refractivity (Wildman–Crippen MR) is 142 cm³/mol. The molecule has 1 aliphatic rings. The molecule has 0 saturated heterocycles. The minimum Gasteiger partial charge on any atom is -0.497 e. The van der Waals surface area contributed by atoms with Crippen molar-refractivity contribution in [2.24, 2.45) is 0 Å². The van der Waals surface area contributed by atoms with Crippen LogP contribution >= 0.6 is 0 Å². The van der Waals surface area contributed by atoms with Gasteiger partial charge in [0.25, 0.3) is 0 Å². The normalized spacial score (nSPS) is 15.8. The first-order valence-corrected chi connectivity index (χ1v) is 12.6. The van der Waals surface area contributed by atoms with Crippen LogP contribution in [0.3, 0.4) is 0 Å². The van der Waals surface area contributed by atoms with E-state index in [9.17, 15) is 4.79 Å². The third-order valence-electron chi connectivity index (χ3n) is 6.57. The Labute approximate surface area is 217 Å². The summed E-state index contributed by atoms with van der Waals surface area (Å²) in [6.45, 7) is 0.344. The average molecular weight is 495 g/mol. The van der Waals surface area contributed by atoms with Gasteiger partial charge in [0.15, 0.2) is 5.60 Å². The standard InChI is InChI=1S/C32H30O5/c1-34-27-20-21-29-28(23-27)32(25-15-7-3-8-16-25,26-17-9-4-10-18-26)37-30(36-29)19-11-12-22-35-31(33)24-13-5-2-6-14-24/h2-10,13-18,20-21,23,30H,11-12,19,22H2,1H3. The minimum absolute atomic E-state index is 0.305. The van der Waals surface area contributed by atoms with E-state index in [1.807, 2.05) is 72.8 Å². The maximum atomic E-state index is 12.2. The molecule has 1 heterocycles. The van der Waals surface area contributed by atoms with Crippen LogP contribution in [0.25, 0.3) is 0 Å². The molecule has 1 unspecified atom stereocenters. The summed E-state index contributed by atoms with van der Waals surface area (Å²) in [5.74, 6) is 1.20. The second-order valence-corrected chi connectivity index (χ2v) is 8.94. The second-order valence-electron chi connectivity index (χ2n) is 8.94. The summed E-state index contributed by atoms with van der Waals surface area (Å²) in [4.78, 5) is 12.2. The lowest BCUT2D eigenvalue weighted by atomic mass is 9.79. The Balaban J connectivity index is 1.38. The van der Waals surface area contributed by atoms with Gasteiger partial charge in [-0.05, 0) is 54.3 Å². The maximum absolute atomic E-state index is 12.2. The average Bonchev–Trinajstić information content (AvgIpc) is 2.97. The van der Waals surface area contributed by atoms with Crippen molar-refractivity contribution in [3.63, 3.8) is 0 Å². The molecule has 0 aromatic heterocycles. The van der Waals surface area contributed by atoms with E-state index < -0.39 is 11.9 Å². The third kappa shape index (κ3) is 5.23. The molecule has 188 valence electrons. The second kappa shape index (κ2) is 11.3. The topological polar surface area (TPSA) is 54.0 Å². The molecule has 0 saturated carbocycles. The lowest BCUT2D eigenvalue weighted by Crippen LogP contribution is -2.43. The van der Waals surface area contributed by atoms with Crippen molar-refractivity contribution in [3.8, 4) is 11.5 Å². The minimum atomic E-state index is -0.866. The molecule has 0 fully saturated rings. The van der Waals surface area contributed by atoms with Gasteiger partial charge in [0.05, 0.1) is 19.3 Å². The van der Waals surface area contributed by atoms with Crippen molar-refractivity contribution in [1.82, 2.24) is 0 Å². The van der Waals surface area contributed by atoms with Gasteiger partial charge >= 0.3 is 5.97 Å². The van der Waals surface area contributed by atoms with Gasteiger partial charge in [0.2, 0.25) is 6.29 Å². The van der Waals surface area contributed by atoms with Gasteiger partial charge in [-0.15, -0.1) is 0 Å². The highest BCUT2D eigenvalue weighted by molar-refractivity contribution is 5.89. The van der Waals surface area contributed by atoms with Crippen LogP contribution < -0.4 is 9.47 Å². The van der Waals surface area contributed by atoms with E-state index in [4.69, 9.17) is 18.9 Å². The summed E-state index contributed by atoms with van der Waals surface area (Å²) in [5.41, 5.74) is 2.62. The van der Waals surface area contributed by atoms with Gasteiger partial charge in [-0.3, -0.25) is 0 Å². The van der Waals surface area contributed by atoms with Crippen molar-refractivity contribution in [1.29, 1.82) is 0 Å². The van der Waals surface area contributed by atoms with Crippen molar-refractivity contribution < 1.29 is 23.7 Å². The molecular weight excluding hydrogens is 464 g/mol. The molecule has 0 aliphatic carbocycles. The van der Waals surface area contributed by atoms with Gasteiger partial charge in [-0.25, -0.2) is 4.79 Å². The summed E-state index contributed by atoms with van der Waals surface area (Å²) >= 11 is 0. The SMILES string of the molecule is COc1ccc2c(c1)C(c1ccccc1)(c1ccccc1)OC(CCCCOC(=O)c1ccccc1)O2. The van der Waals surface area contributed by atoms with Gasteiger partial charge in [-0.2, -0.15) is 0 Å². The Morgan fingerprint density at radius 3 is 2.05 bits per heavy atom. The maximum Gasteiger partial charge on any atom is 0.338 e. The predicted octanol–water partition coefficient (Wildman–Crippen LogP) is 6.75. The molecule has 1 aliphatic heterocycles. The molecule has 1 atom stereocenters. The molecule has 5 rings (SSSR count). The molecule has 0 bridgehead atoms. The number of carbonyl (C=O) groups is 1. The van der Waals surface area contributed by atoms with E-state index in [2.05, 4.69) is 24.3 Å². The fraction of sp³-hybridized carbons (Fsp3) is 0.219. The summed E-state index contributed by atoms with van der Waals surface area (Å²) in [7, 11) is 1.66. The zero-order valence-electron chi connectivity index (χ0n) is 20.8. The number of fused-ring (bicyclic) bond motifs is 1. The molecule has 0 amide bonds. The van der Waals surface area contributed by atoms with Gasteiger partial charge in [-0.1, -0.05) is 78.9 Å². The molecule has 5 heteroatoms. The molecule has 37 heavy (non-hydrogen) atoms. The fourth-order valence-corrected chi connectivity index (χ4v) is 4.75. The van der Waals surface area contributed by atoms with E-state index in [1.165, 1.54) is 0 Å². The van der Waals surface area contributed by atoms with Crippen LogP contribution in [-0.2, 0) is 15.1 Å². The number of esters is 1. The Morgan fingerprint density at radius 2 is 1.43 bits per heavy atom. The fourth-order valence-electron chi connectivity index (χ4n) is 4.75. The molecule has 5 nitrogen and oxygen atoms in total. The Bertz CT molecular complexity index is 1270. The lowest BCUT2D eigenvalue weighted by Gasteiger charge is -2.43. The van der Waals surface area contributed by atoms with Crippen LogP contribution in [0.15, 0.2) is 109 Å². The first kappa shape index (κ1) is 24.6. The van der Waals surface area contributed by atoms with Crippen LogP contribution in [0.1, 0.15) is 46.3 Å². The number of ether oxygens (including phenoxy) is 4. The monoisotopic (exact) mass is 494 g/mol. The molecule has 0 spiro atoms. The number of rotatable bonds is 9. The van der Waals surface area contributed by atoms with Gasteiger partial charge in [0, 0.05) is 12.0 Å². The summed E-state index contributed by atoms with van der Waals surface area (Å²) in [6, 6.07) is 35.3. The van der Waals surface area contributed by atoms with Crippen molar-refractivity contribution in [2.45, 2.75) is 31.2 Å². The van der Waals surface area contributed by atoms with Crippen molar-refractivity contribution in [3.05, 3.63) is 131 Å². The summed E-state index contributed by atoms with van der Waals surface area (Å²) in [6.07, 6.45) is 1.65. The van der Waals surface area contributed by atoms with Crippen molar-refractivity contribution >= 4 is 5.97 Å². The third-order valence-corrected chi connectivity index (χ3v) is 6.57. The zero-order valence-corrected chi connectivity index (χ0v) is 20.8.